The number of alkyl halides is 2. The van der Waals surface area contributed by atoms with Crippen molar-refractivity contribution in [1.82, 2.24) is 29.9 Å². The van der Waals surface area contributed by atoms with E-state index in [9.17, 15) is 13.2 Å². The lowest BCUT2D eigenvalue weighted by Crippen LogP contribution is -2.09. The SMILES string of the molecule is Fc1ccc(-c2nn3c(c2-c2ccnc4[nH]ncc24)C(F)(F)CC3)nc1. The number of aromatic amines is 1. The van der Waals surface area contributed by atoms with Crippen molar-refractivity contribution in [3.8, 4) is 22.5 Å². The molecule has 0 aliphatic carbocycles. The van der Waals surface area contributed by atoms with E-state index in [2.05, 4.69) is 25.3 Å². The zero-order valence-electron chi connectivity index (χ0n) is 13.2. The summed E-state index contributed by atoms with van der Waals surface area (Å²) in [5, 5.41) is 11.6. The third kappa shape index (κ3) is 2.06. The van der Waals surface area contributed by atoms with Gasteiger partial charge < -0.3 is 0 Å². The van der Waals surface area contributed by atoms with Crippen LogP contribution in [0.25, 0.3) is 33.5 Å². The highest BCUT2D eigenvalue weighted by atomic mass is 19.3. The molecule has 0 spiro atoms. The van der Waals surface area contributed by atoms with Gasteiger partial charge in [0.25, 0.3) is 5.92 Å². The average Bonchev–Trinajstić information content (AvgIpc) is 3.31. The van der Waals surface area contributed by atoms with E-state index in [0.29, 0.717) is 22.3 Å². The van der Waals surface area contributed by atoms with Gasteiger partial charge in [-0.1, -0.05) is 0 Å². The molecule has 26 heavy (non-hydrogen) atoms. The second-order valence-corrected chi connectivity index (χ2v) is 6.10. The number of nitrogens with one attached hydrogen (secondary N) is 1. The van der Waals surface area contributed by atoms with Gasteiger partial charge in [0.05, 0.1) is 18.1 Å². The largest absolute Gasteiger partial charge is 0.291 e. The molecular formula is C17H11F3N6. The van der Waals surface area contributed by atoms with Crippen molar-refractivity contribution in [2.24, 2.45) is 0 Å². The first kappa shape index (κ1) is 15.1. The summed E-state index contributed by atoms with van der Waals surface area (Å²) in [5.74, 6) is -3.52. The van der Waals surface area contributed by atoms with Crippen LogP contribution in [0.15, 0.2) is 36.8 Å². The van der Waals surface area contributed by atoms with Crippen LogP contribution < -0.4 is 0 Å². The summed E-state index contributed by atoms with van der Waals surface area (Å²) >= 11 is 0. The summed E-state index contributed by atoms with van der Waals surface area (Å²) in [6.07, 6.45) is 3.80. The van der Waals surface area contributed by atoms with Gasteiger partial charge in [0.1, 0.15) is 17.2 Å². The second-order valence-electron chi connectivity index (χ2n) is 6.10. The van der Waals surface area contributed by atoms with Crippen LogP contribution in [0, 0.1) is 5.82 Å². The van der Waals surface area contributed by atoms with Crippen LogP contribution in [0.5, 0.6) is 0 Å². The Balaban J connectivity index is 1.86. The highest BCUT2D eigenvalue weighted by Crippen LogP contribution is 2.47. The molecule has 1 aliphatic rings. The topological polar surface area (TPSA) is 72.3 Å². The standard InChI is InChI=1S/C17H11F3N6/c18-9-1-2-12(22-7-9)14-13(15-17(19,20)4-6-26(15)25-14)10-3-5-21-16-11(10)8-23-24-16/h1-3,5,7-8H,4,6H2,(H,21,23,24). The van der Waals surface area contributed by atoms with Gasteiger partial charge in [-0.25, -0.2) is 9.37 Å². The van der Waals surface area contributed by atoms with Crippen LogP contribution in [0.2, 0.25) is 0 Å². The number of pyridine rings is 2. The quantitative estimate of drug-likeness (QED) is 0.596. The molecule has 4 aromatic heterocycles. The first-order valence-corrected chi connectivity index (χ1v) is 7.94. The summed E-state index contributed by atoms with van der Waals surface area (Å²) in [7, 11) is 0. The maximum atomic E-state index is 14.6. The molecule has 5 rings (SSSR count). The molecule has 0 unspecified atom stereocenters. The van der Waals surface area contributed by atoms with E-state index >= 15 is 0 Å². The monoisotopic (exact) mass is 356 g/mol. The highest BCUT2D eigenvalue weighted by Gasteiger charge is 2.45. The number of halogens is 3. The van der Waals surface area contributed by atoms with Gasteiger partial charge in [0.2, 0.25) is 0 Å². The Hall–Kier alpha value is -3.23. The summed E-state index contributed by atoms with van der Waals surface area (Å²) < 4.78 is 43.8. The van der Waals surface area contributed by atoms with E-state index in [-0.39, 0.29) is 29.9 Å². The predicted molar refractivity (Wildman–Crippen MR) is 86.8 cm³/mol. The van der Waals surface area contributed by atoms with Crippen molar-refractivity contribution in [2.45, 2.75) is 18.9 Å². The fourth-order valence-corrected chi connectivity index (χ4v) is 3.38. The molecule has 0 fully saturated rings. The molecule has 130 valence electrons. The summed E-state index contributed by atoms with van der Waals surface area (Å²) in [6, 6.07) is 4.31. The lowest BCUT2D eigenvalue weighted by molar-refractivity contribution is -0.00156. The van der Waals surface area contributed by atoms with Crippen LogP contribution in [0.1, 0.15) is 12.1 Å². The van der Waals surface area contributed by atoms with Gasteiger partial charge in [-0.2, -0.15) is 19.0 Å². The van der Waals surface area contributed by atoms with Crippen LogP contribution in [0.4, 0.5) is 13.2 Å². The number of hydrogen-bond acceptors (Lipinski definition) is 4. The number of hydrogen-bond donors (Lipinski definition) is 1. The van der Waals surface area contributed by atoms with Crippen molar-refractivity contribution >= 4 is 11.0 Å². The third-order valence-electron chi connectivity index (χ3n) is 4.53. The van der Waals surface area contributed by atoms with E-state index in [4.69, 9.17) is 0 Å². The Labute approximate surface area is 144 Å². The molecule has 5 heterocycles. The normalized spacial score (nSPS) is 15.5. The average molecular weight is 356 g/mol. The van der Waals surface area contributed by atoms with Gasteiger partial charge in [0.15, 0.2) is 5.65 Å². The Bertz CT molecular complexity index is 1130. The van der Waals surface area contributed by atoms with Crippen LogP contribution in [-0.4, -0.2) is 29.9 Å². The highest BCUT2D eigenvalue weighted by molar-refractivity contribution is 5.97. The molecule has 0 aromatic carbocycles. The van der Waals surface area contributed by atoms with E-state index in [0.717, 1.165) is 6.20 Å². The third-order valence-corrected chi connectivity index (χ3v) is 4.53. The van der Waals surface area contributed by atoms with E-state index < -0.39 is 11.7 Å². The lowest BCUT2D eigenvalue weighted by atomic mass is 9.97. The van der Waals surface area contributed by atoms with E-state index in [1.807, 2.05) is 0 Å². The van der Waals surface area contributed by atoms with Crippen LogP contribution in [0.3, 0.4) is 0 Å². The Kier molecular flexibility index (Phi) is 2.97. The number of nitrogens with zero attached hydrogens (tertiary/aromatic N) is 5. The maximum absolute atomic E-state index is 14.6. The molecule has 0 radical (unpaired) electrons. The zero-order valence-corrected chi connectivity index (χ0v) is 13.2. The number of aromatic nitrogens is 6. The van der Waals surface area contributed by atoms with Crippen molar-refractivity contribution in [2.75, 3.05) is 0 Å². The van der Waals surface area contributed by atoms with Crippen LogP contribution >= 0.6 is 0 Å². The van der Waals surface area contributed by atoms with E-state index in [1.54, 1.807) is 6.07 Å². The smallest absolute Gasteiger partial charge is 0.262 e. The van der Waals surface area contributed by atoms with Crippen molar-refractivity contribution in [3.05, 3.63) is 48.3 Å². The Morgan fingerprint density at radius 3 is 2.81 bits per heavy atom. The van der Waals surface area contributed by atoms with Crippen molar-refractivity contribution in [3.63, 3.8) is 0 Å². The molecule has 4 aromatic rings. The van der Waals surface area contributed by atoms with Gasteiger partial charge in [0, 0.05) is 35.7 Å². The van der Waals surface area contributed by atoms with Crippen molar-refractivity contribution < 1.29 is 13.2 Å². The maximum Gasteiger partial charge on any atom is 0.291 e. The minimum absolute atomic E-state index is 0.107. The Morgan fingerprint density at radius 1 is 1.12 bits per heavy atom. The fraction of sp³-hybridized carbons (Fsp3) is 0.176. The predicted octanol–water partition coefficient (Wildman–Crippen LogP) is 3.52. The molecule has 1 N–H and O–H groups in total. The zero-order chi connectivity index (χ0) is 17.9. The number of fused-ring (bicyclic) bond motifs is 2. The molecule has 0 amide bonds. The summed E-state index contributed by atoms with van der Waals surface area (Å²) in [5.41, 5.74) is 1.75. The molecular weight excluding hydrogens is 345 g/mol. The van der Waals surface area contributed by atoms with E-state index in [1.165, 1.54) is 29.2 Å². The molecule has 6 nitrogen and oxygen atoms in total. The van der Waals surface area contributed by atoms with Crippen LogP contribution in [-0.2, 0) is 12.5 Å². The van der Waals surface area contributed by atoms with Gasteiger partial charge in [-0.15, -0.1) is 0 Å². The summed E-state index contributed by atoms with van der Waals surface area (Å²) in [6.45, 7) is 0.107. The molecule has 1 aliphatic heterocycles. The van der Waals surface area contributed by atoms with Crippen molar-refractivity contribution in [1.29, 1.82) is 0 Å². The number of H-pyrrole nitrogens is 1. The fourth-order valence-electron chi connectivity index (χ4n) is 3.38. The van der Waals surface area contributed by atoms with Gasteiger partial charge >= 0.3 is 0 Å². The number of aryl methyl sites for hydroxylation is 1. The molecule has 9 heteroatoms. The first-order valence-electron chi connectivity index (χ1n) is 7.94. The minimum atomic E-state index is -3.01. The lowest BCUT2D eigenvalue weighted by Gasteiger charge is -2.12. The molecule has 0 bridgehead atoms. The number of rotatable bonds is 2. The molecule has 0 saturated heterocycles. The van der Waals surface area contributed by atoms with Gasteiger partial charge in [-0.05, 0) is 18.2 Å². The molecule has 0 atom stereocenters. The summed E-state index contributed by atoms with van der Waals surface area (Å²) in [4.78, 5) is 8.19. The van der Waals surface area contributed by atoms with Gasteiger partial charge in [-0.3, -0.25) is 14.8 Å². The second kappa shape index (κ2) is 5.13. The minimum Gasteiger partial charge on any atom is -0.262 e. The first-order chi connectivity index (χ1) is 12.5. The molecule has 0 saturated carbocycles. The Morgan fingerprint density at radius 2 is 2.00 bits per heavy atom.